The molecule has 2 aromatic heterocycles. The number of anilines is 6. The quantitative estimate of drug-likeness (QED) is 0.152. The van der Waals surface area contributed by atoms with Crippen molar-refractivity contribution in [3.8, 4) is 28.3 Å². The van der Waals surface area contributed by atoms with Gasteiger partial charge in [0.05, 0.1) is 16.9 Å². The lowest BCUT2D eigenvalue weighted by Crippen LogP contribution is -2.11. The largest absolute Gasteiger partial charge is 0.456 e. The van der Waals surface area contributed by atoms with Gasteiger partial charge < -0.3 is 18.6 Å². The van der Waals surface area contributed by atoms with Crippen LogP contribution in [-0.4, -0.2) is 0 Å². The molecule has 11 aromatic carbocycles. The first-order valence-electron chi connectivity index (χ1n) is 22.8. The van der Waals surface area contributed by atoms with E-state index in [1.165, 1.54) is 0 Å². The molecule has 0 saturated carbocycles. The summed E-state index contributed by atoms with van der Waals surface area (Å²) in [5, 5.41) is 18.5. The molecule has 0 atom stereocenters. The van der Waals surface area contributed by atoms with Crippen LogP contribution in [0.4, 0.5) is 34.1 Å². The van der Waals surface area contributed by atoms with E-state index in [-0.39, 0.29) is 0 Å². The van der Waals surface area contributed by atoms with Gasteiger partial charge in [-0.15, -0.1) is 0 Å². The summed E-state index contributed by atoms with van der Waals surface area (Å²) in [5.74, 6) is 0. The summed E-state index contributed by atoms with van der Waals surface area (Å²) in [6.45, 7) is 0. The highest BCUT2D eigenvalue weighted by Gasteiger charge is 2.23. The first-order chi connectivity index (χ1) is 33.7. The molecule has 0 bridgehead atoms. The van der Waals surface area contributed by atoms with E-state index in [2.05, 4.69) is 222 Å². The van der Waals surface area contributed by atoms with Crippen LogP contribution in [0.5, 0.6) is 0 Å². The molecular formula is C63H39N3O2. The topological polar surface area (TPSA) is 56.6 Å². The first kappa shape index (κ1) is 39.0. The second-order valence-electron chi connectivity index (χ2n) is 17.2. The van der Waals surface area contributed by atoms with Crippen molar-refractivity contribution in [2.24, 2.45) is 0 Å². The van der Waals surface area contributed by atoms with Crippen LogP contribution in [0.25, 0.3) is 87.7 Å². The summed E-state index contributed by atoms with van der Waals surface area (Å²) >= 11 is 0. The minimum Gasteiger partial charge on any atom is -0.456 e. The molecule has 0 aliphatic carbocycles. The van der Waals surface area contributed by atoms with Crippen LogP contribution in [0.2, 0.25) is 0 Å². The number of fused-ring (bicyclic) bond motifs is 8. The molecule has 13 rings (SSSR count). The van der Waals surface area contributed by atoms with E-state index in [4.69, 9.17) is 8.83 Å². The minimum absolute atomic E-state index is 0.544. The van der Waals surface area contributed by atoms with Crippen LogP contribution in [0, 0.1) is 11.3 Å². The van der Waals surface area contributed by atoms with Crippen molar-refractivity contribution in [1.82, 2.24) is 0 Å². The molecule has 0 aliphatic rings. The van der Waals surface area contributed by atoms with Crippen molar-refractivity contribution in [2.75, 3.05) is 9.80 Å². The van der Waals surface area contributed by atoms with Crippen LogP contribution < -0.4 is 9.80 Å². The summed E-state index contributed by atoms with van der Waals surface area (Å²) in [4.78, 5) is 4.62. The number of para-hydroxylation sites is 4. The Balaban J connectivity index is 0.931. The molecule has 0 saturated heterocycles. The van der Waals surface area contributed by atoms with E-state index in [1.807, 2.05) is 30.3 Å². The van der Waals surface area contributed by atoms with Crippen molar-refractivity contribution in [3.05, 3.63) is 242 Å². The fourth-order valence-corrected chi connectivity index (χ4v) is 10.1. The Morgan fingerprint density at radius 2 is 0.721 bits per heavy atom. The fourth-order valence-electron chi connectivity index (χ4n) is 10.1. The monoisotopic (exact) mass is 869 g/mol. The normalized spacial score (nSPS) is 11.5. The maximum absolute atomic E-state index is 11.0. The molecule has 0 N–H and O–H groups in total. The molecule has 2 heterocycles. The van der Waals surface area contributed by atoms with Gasteiger partial charge in [0.2, 0.25) is 0 Å². The highest BCUT2D eigenvalue weighted by atomic mass is 16.3. The zero-order chi connectivity index (χ0) is 45.1. The predicted molar refractivity (Wildman–Crippen MR) is 281 cm³/mol. The second-order valence-corrected chi connectivity index (χ2v) is 17.2. The fraction of sp³-hybridized carbons (Fsp3) is 0. The van der Waals surface area contributed by atoms with Crippen LogP contribution >= 0.6 is 0 Å². The highest BCUT2D eigenvalue weighted by molar-refractivity contribution is 6.22. The van der Waals surface area contributed by atoms with Gasteiger partial charge in [-0.3, -0.25) is 0 Å². The average Bonchev–Trinajstić information content (AvgIpc) is 3.94. The smallest absolute Gasteiger partial charge is 0.140 e. The summed E-state index contributed by atoms with van der Waals surface area (Å²) in [6, 6.07) is 85.3. The Bertz CT molecular complexity index is 3840. The highest BCUT2D eigenvalue weighted by Crippen LogP contribution is 2.46. The van der Waals surface area contributed by atoms with E-state index in [0.29, 0.717) is 27.9 Å². The van der Waals surface area contributed by atoms with Gasteiger partial charge in [-0.05, 0) is 118 Å². The number of furan rings is 2. The number of nitriles is 1. The van der Waals surface area contributed by atoms with E-state index >= 15 is 0 Å². The molecule has 318 valence electrons. The molecule has 13 aromatic rings. The van der Waals surface area contributed by atoms with Crippen LogP contribution in [0.1, 0.15) is 5.56 Å². The summed E-state index contributed by atoms with van der Waals surface area (Å²) in [7, 11) is 0. The van der Waals surface area contributed by atoms with Gasteiger partial charge >= 0.3 is 0 Å². The van der Waals surface area contributed by atoms with Gasteiger partial charge in [0.25, 0.3) is 0 Å². The third-order valence-corrected chi connectivity index (χ3v) is 13.2. The number of rotatable bonds is 8. The lowest BCUT2D eigenvalue weighted by Gasteiger charge is -2.28. The maximum atomic E-state index is 11.0. The van der Waals surface area contributed by atoms with Crippen molar-refractivity contribution >= 4 is 99.5 Å². The molecule has 68 heavy (non-hydrogen) atoms. The maximum Gasteiger partial charge on any atom is 0.140 e. The van der Waals surface area contributed by atoms with Gasteiger partial charge in [-0.1, -0.05) is 146 Å². The van der Waals surface area contributed by atoms with Gasteiger partial charge in [-0.25, -0.2) is 0 Å². The average molecular weight is 870 g/mol. The zero-order valence-electron chi connectivity index (χ0n) is 36.7. The Labute approximate surface area is 392 Å². The third kappa shape index (κ3) is 6.47. The SMILES string of the molecule is N#Cc1c2c(cc3oc4cc5cc(N(c6ccccc6)c6ccccc6-c6ccccc6)ccc5cc4c13)oc1cc3cc(N(c4ccccc4)c4ccccc4-c4ccccc4)ccc3cc12. The number of hydrogen-bond donors (Lipinski definition) is 0. The molecule has 0 aliphatic heterocycles. The van der Waals surface area contributed by atoms with Crippen LogP contribution in [-0.2, 0) is 0 Å². The van der Waals surface area contributed by atoms with Crippen molar-refractivity contribution < 1.29 is 8.83 Å². The van der Waals surface area contributed by atoms with E-state index in [0.717, 1.165) is 99.5 Å². The number of nitrogens with zero attached hydrogens (tertiary/aromatic N) is 3. The lowest BCUT2D eigenvalue weighted by molar-refractivity contribution is 0.656. The second kappa shape index (κ2) is 16.0. The number of benzene rings is 11. The molecule has 5 nitrogen and oxygen atoms in total. The Kier molecular flexibility index (Phi) is 9.16. The summed E-state index contributed by atoms with van der Waals surface area (Å²) in [5.41, 5.74) is 14.1. The van der Waals surface area contributed by atoms with Gasteiger partial charge in [0, 0.05) is 61.5 Å². The number of hydrogen-bond acceptors (Lipinski definition) is 5. The van der Waals surface area contributed by atoms with E-state index in [9.17, 15) is 5.26 Å². The Morgan fingerprint density at radius 1 is 0.324 bits per heavy atom. The molecule has 0 spiro atoms. The van der Waals surface area contributed by atoms with Crippen molar-refractivity contribution in [2.45, 2.75) is 0 Å². The van der Waals surface area contributed by atoms with Gasteiger partial charge in [0.1, 0.15) is 28.4 Å². The molecule has 0 unspecified atom stereocenters. The van der Waals surface area contributed by atoms with Crippen LogP contribution in [0.3, 0.4) is 0 Å². The van der Waals surface area contributed by atoms with Crippen molar-refractivity contribution in [1.29, 1.82) is 5.26 Å². The van der Waals surface area contributed by atoms with Gasteiger partial charge in [0.15, 0.2) is 0 Å². The Hall–Kier alpha value is -9.37. The zero-order valence-corrected chi connectivity index (χ0v) is 36.7. The van der Waals surface area contributed by atoms with E-state index < -0.39 is 0 Å². The molecule has 0 fully saturated rings. The standard InChI is InChI=1S/C63H39N3O2/c64-40-55-62-53-35-43-29-31-49(65(47-21-9-3-10-22-47)56-27-15-13-25-51(56)41-17-5-1-6-18-41)33-45(43)37-58(53)67-60(62)39-61-63(55)54-36-44-30-32-50(34-46(44)38-59(54)68-61)66(48-23-11-4-12-24-48)57-28-16-14-26-52(57)42-19-7-2-8-20-42/h1-39H. The molecular weight excluding hydrogens is 831 g/mol. The van der Waals surface area contributed by atoms with Gasteiger partial charge in [-0.2, -0.15) is 5.26 Å². The summed E-state index contributed by atoms with van der Waals surface area (Å²) in [6.07, 6.45) is 0. The Morgan fingerprint density at radius 3 is 1.15 bits per heavy atom. The van der Waals surface area contributed by atoms with Crippen molar-refractivity contribution in [3.63, 3.8) is 0 Å². The summed E-state index contributed by atoms with van der Waals surface area (Å²) < 4.78 is 13.3. The van der Waals surface area contributed by atoms with Crippen LogP contribution in [0.15, 0.2) is 245 Å². The first-order valence-corrected chi connectivity index (χ1v) is 22.8. The molecule has 5 heteroatoms. The molecule has 0 radical (unpaired) electrons. The minimum atomic E-state index is 0.544. The molecule has 0 amide bonds. The van der Waals surface area contributed by atoms with E-state index in [1.54, 1.807) is 0 Å². The third-order valence-electron chi connectivity index (χ3n) is 13.2. The predicted octanol–water partition coefficient (Wildman–Crippen LogP) is 17.9. The lowest BCUT2D eigenvalue weighted by atomic mass is 9.98.